The highest BCUT2D eigenvalue weighted by Gasteiger charge is 2.06. The lowest BCUT2D eigenvalue weighted by Crippen LogP contribution is -2.19. The predicted molar refractivity (Wildman–Crippen MR) is 99.3 cm³/mol. The second-order valence-corrected chi connectivity index (χ2v) is 5.51. The number of carbonyl (C=O) groups is 1. The molecule has 0 bridgehead atoms. The second-order valence-electron chi connectivity index (χ2n) is 5.11. The van der Waals surface area contributed by atoms with Crippen LogP contribution >= 0.6 is 11.6 Å². The Balaban J connectivity index is 1.66. The fraction of sp³-hybridized carbons (Fsp3) is 0. The summed E-state index contributed by atoms with van der Waals surface area (Å²) >= 11 is 6.02. The zero-order chi connectivity index (χ0) is 17.6. The fourth-order valence-electron chi connectivity index (χ4n) is 2.07. The first-order valence-electron chi connectivity index (χ1n) is 7.42. The molecular formula is C18H15ClN4O2. The summed E-state index contributed by atoms with van der Waals surface area (Å²) in [5.74, 6) is 1.52. The van der Waals surface area contributed by atoms with Gasteiger partial charge in [0.05, 0.1) is 16.9 Å². The summed E-state index contributed by atoms with van der Waals surface area (Å²) in [5.41, 5.74) is 6.65. The smallest absolute Gasteiger partial charge is 0.323 e. The van der Waals surface area contributed by atoms with Gasteiger partial charge in [0.25, 0.3) is 0 Å². The number of nitrogens with one attached hydrogen (secondary N) is 2. The first kappa shape index (κ1) is 16.6. The molecule has 0 aliphatic carbocycles. The molecule has 0 fully saturated rings. The zero-order valence-corrected chi connectivity index (χ0v) is 13.8. The maximum Gasteiger partial charge on any atom is 0.323 e. The van der Waals surface area contributed by atoms with Gasteiger partial charge in [-0.3, -0.25) is 0 Å². The summed E-state index contributed by atoms with van der Waals surface area (Å²) < 4.78 is 5.68. The number of nitrogens with zero attached hydrogens (tertiary/aromatic N) is 1. The highest BCUT2D eigenvalue weighted by Crippen LogP contribution is 2.25. The van der Waals surface area contributed by atoms with Crippen molar-refractivity contribution >= 4 is 34.8 Å². The van der Waals surface area contributed by atoms with Gasteiger partial charge in [-0.1, -0.05) is 29.8 Å². The number of nitrogens with two attached hydrogens (primary N) is 1. The number of rotatable bonds is 4. The van der Waals surface area contributed by atoms with Gasteiger partial charge in [0.2, 0.25) is 0 Å². The van der Waals surface area contributed by atoms with E-state index in [1.54, 1.807) is 60.7 Å². The van der Waals surface area contributed by atoms with Gasteiger partial charge in [0, 0.05) is 11.8 Å². The fourth-order valence-corrected chi connectivity index (χ4v) is 2.26. The van der Waals surface area contributed by atoms with E-state index in [2.05, 4.69) is 15.6 Å². The molecule has 0 saturated carbocycles. The monoisotopic (exact) mass is 354 g/mol. The lowest BCUT2D eigenvalue weighted by Gasteiger charge is -2.10. The topological polar surface area (TPSA) is 89.3 Å². The normalized spacial score (nSPS) is 10.1. The molecule has 25 heavy (non-hydrogen) atoms. The maximum absolute atomic E-state index is 12.1. The van der Waals surface area contributed by atoms with Crippen LogP contribution in [0.15, 0.2) is 66.9 Å². The Hall–Kier alpha value is -3.25. The number of hydrogen-bond donors (Lipinski definition) is 3. The third kappa shape index (κ3) is 4.62. The van der Waals surface area contributed by atoms with Crippen LogP contribution in [-0.4, -0.2) is 11.0 Å². The number of aromatic nitrogens is 1. The van der Waals surface area contributed by atoms with Crippen LogP contribution < -0.4 is 21.1 Å². The SMILES string of the molecule is Nc1ccc(Oc2cccc(NC(=O)Nc3ccccc3Cl)c2)cn1. The number of amides is 2. The first-order chi connectivity index (χ1) is 12.1. The predicted octanol–water partition coefficient (Wildman–Crippen LogP) is 4.75. The summed E-state index contributed by atoms with van der Waals surface area (Å²) in [6, 6.07) is 16.9. The quantitative estimate of drug-likeness (QED) is 0.630. The van der Waals surface area contributed by atoms with Crippen LogP contribution in [0.1, 0.15) is 0 Å². The Kier molecular flexibility index (Phi) is 5.01. The van der Waals surface area contributed by atoms with Crippen molar-refractivity contribution in [3.8, 4) is 11.5 Å². The van der Waals surface area contributed by atoms with E-state index in [0.717, 1.165) is 0 Å². The average molecular weight is 355 g/mol. The van der Waals surface area contributed by atoms with Crippen molar-refractivity contribution in [3.63, 3.8) is 0 Å². The van der Waals surface area contributed by atoms with Crippen LogP contribution in [-0.2, 0) is 0 Å². The number of hydrogen-bond acceptors (Lipinski definition) is 4. The minimum absolute atomic E-state index is 0.403. The van der Waals surface area contributed by atoms with Crippen molar-refractivity contribution in [3.05, 3.63) is 71.9 Å². The molecule has 4 N–H and O–H groups in total. The Morgan fingerprint density at radius 2 is 1.84 bits per heavy atom. The van der Waals surface area contributed by atoms with Gasteiger partial charge in [0.1, 0.15) is 17.3 Å². The molecule has 0 aliphatic rings. The van der Waals surface area contributed by atoms with Gasteiger partial charge in [-0.15, -0.1) is 0 Å². The summed E-state index contributed by atoms with van der Waals surface area (Å²) in [5, 5.41) is 5.88. The third-order valence-corrected chi connectivity index (χ3v) is 3.54. The molecule has 3 aromatic rings. The van der Waals surface area contributed by atoms with Crippen molar-refractivity contribution < 1.29 is 9.53 Å². The number of halogens is 1. The van der Waals surface area contributed by atoms with Gasteiger partial charge >= 0.3 is 6.03 Å². The molecule has 0 radical (unpaired) electrons. The van der Waals surface area contributed by atoms with Crippen LogP contribution in [0.2, 0.25) is 5.02 Å². The molecule has 1 aromatic heterocycles. The molecule has 126 valence electrons. The molecule has 7 heteroatoms. The van der Waals surface area contributed by atoms with Crippen molar-refractivity contribution in [2.45, 2.75) is 0 Å². The molecule has 0 aliphatic heterocycles. The van der Waals surface area contributed by atoms with Crippen LogP contribution in [0.25, 0.3) is 0 Å². The van der Waals surface area contributed by atoms with E-state index in [9.17, 15) is 4.79 Å². The number of anilines is 3. The maximum atomic E-state index is 12.1. The number of carbonyl (C=O) groups excluding carboxylic acids is 1. The molecule has 6 nitrogen and oxygen atoms in total. The van der Waals surface area contributed by atoms with Gasteiger partial charge < -0.3 is 21.1 Å². The summed E-state index contributed by atoms with van der Waals surface area (Å²) in [6.07, 6.45) is 1.53. The largest absolute Gasteiger partial charge is 0.456 e. The van der Waals surface area contributed by atoms with Gasteiger partial charge in [-0.25, -0.2) is 9.78 Å². The molecule has 0 unspecified atom stereocenters. The number of benzene rings is 2. The molecule has 0 atom stereocenters. The Morgan fingerprint density at radius 1 is 1.00 bits per heavy atom. The first-order valence-corrected chi connectivity index (χ1v) is 7.80. The molecule has 2 amide bonds. The Morgan fingerprint density at radius 3 is 2.60 bits per heavy atom. The number of ether oxygens (including phenoxy) is 1. The molecule has 0 spiro atoms. The van der Waals surface area contributed by atoms with E-state index in [1.165, 1.54) is 6.20 Å². The minimum Gasteiger partial charge on any atom is -0.456 e. The highest BCUT2D eigenvalue weighted by atomic mass is 35.5. The number of para-hydroxylation sites is 1. The third-order valence-electron chi connectivity index (χ3n) is 3.21. The Labute approximate surface area is 149 Å². The second kappa shape index (κ2) is 7.55. The van der Waals surface area contributed by atoms with Crippen molar-refractivity contribution in [2.75, 3.05) is 16.4 Å². The van der Waals surface area contributed by atoms with Crippen molar-refractivity contribution in [2.24, 2.45) is 0 Å². The lowest BCUT2D eigenvalue weighted by molar-refractivity contribution is 0.262. The number of pyridine rings is 1. The van der Waals surface area contributed by atoms with Crippen molar-refractivity contribution in [1.82, 2.24) is 4.98 Å². The zero-order valence-electron chi connectivity index (χ0n) is 13.1. The summed E-state index contributed by atoms with van der Waals surface area (Å²) in [7, 11) is 0. The molecule has 0 saturated heterocycles. The molecule has 1 heterocycles. The summed E-state index contributed by atoms with van der Waals surface area (Å²) in [4.78, 5) is 16.1. The summed E-state index contributed by atoms with van der Waals surface area (Å²) in [6.45, 7) is 0. The van der Waals surface area contributed by atoms with Crippen LogP contribution in [0, 0.1) is 0 Å². The van der Waals surface area contributed by atoms with E-state index in [1.807, 2.05) is 0 Å². The molecule has 2 aromatic carbocycles. The lowest BCUT2D eigenvalue weighted by atomic mass is 10.3. The van der Waals surface area contributed by atoms with Gasteiger partial charge in [0.15, 0.2) is 0 Å². The van der Waals surface area contributed by atoms with Gasteiger partial charge in [-0.2, -0.15) is 0 Å². The van der Waals surface area contributed by atoms with Crippen LogP contribution in [0.5, 0.6) is 11.5 Å². The van der Waals surface area contributed by atoms with E-state index in [-0.39, 0.29) is 0 Å². The molecular weight excluding hydrogens is 340 g/mol. The minimum atomic E-state index is -0.403. The van der Waals surface area contributed by atoms with E-state index >= 15 is 0 Å². The van der Waals surface area contributed by atoms with E-state index < -0.39 is 6.03 Å². The van der Waals surface area contributed by atoms with Gasteiger partial charge in [-0.05, 0) is 36.4 Å². The standard InChI is InChI=1S/C18H15ClN4O2/c19-15-6-1-2-7-16(15)23-18(24)22-12-4-3-5-13(10-12)25-14-8-9-17(20)21-11-14/h1-11H,(H2,20,21)(H2,22,23,24). The number of nitrogen functional groups attached to an aromatic ring is 1. The molecule has 3 rings (SSSR count). The van der Waals surface area contributed by atoms with Crippen LogP contribution in [0.3, 0.4) is 0 Å². The average Bonchev–Trinajstić information content (AvgIpc) is 2.59. The number of urea groups is 1. The van der Waals surface area contributed by atoms with Crippen LogP contribution in [0.4, 0.5) is 22.0 Å². The van der Waals surface area contributed by atoms with E-state index in [4.69, 9.17) is 22.1 Å². The van der Waals surface area contributed by atoms with E-state index in [0.29, 0.717) is 33.7 Å². The highest BCUT2D eigenvalue weighted by molar-refractivity contribution is 6.33. The Bertz CT molecular complexity index is 884. The van der Waals surface area contributed by atoms with Crippen molar-refractivity contribution in [1.29, 1.82) is 0 Å².